The molecule has 0 saturated heterocycles. The Morgan fingerprint density at radius 1 is 1.13 bits per heavy atom. The molecule has 11 nitrogen and oxygen atoms in total. The predicted molar refractivity (Wildman–Crippen MR) is 111 cm³/mol. The van der Waals surface area contributed by atoms with E-state index in [0.717, 1.165) is 12.0 Å². The van der Waals surface area contributed by atoms with Gasteiger partial charge < -0.3 is 5.32 Å². The summed E-state index contributed by atoms with van der Waals surface area (Å²) in [5, 5.41) is 32.6. The largest absolute Gasteiger partial charge is 0.318 e. The lowest BCUT2D eigenvalue weighted by atomic mass is 9.92. The molecule has 0 aliphatic carbocycles. The molecule has 0 radical (unpaired) electrons. The van der Waals surface area contributed by atoms with E-state index in [1.807, 2.05) is 24.3 Å². The summed E-state index contributed by atoms with van der Waals surface area (Å²) in [6.07, 6.45) is 0.897. The second-order valence-electron chi connectivity index (χ2n) is 7.06. The molecule has 5 rings (SSSR count). The highest BCUT2D eigenvalue weighted by Crippen LogP contribution is 2.41. The number of nitrogens with one attached hydrogen (secondary N) is 2. The molecule has 3 heterocycles. The number of non-ortho nitro benzene ring substituents is 1. The molecule has 0 saturated carbocycles. The highest BCUT2D eigenvalue weighted by molar-refractivity contribution is 5.75. The Morgan fingerprint density at radius 3 is 2.55 bits per heavy atom. The van der Waals surface area contributed by atoms with Crippen LogP contribution in [0, 0.1) is 10.1 Å². The molecular formula is C20H16N8O3. The van der Waals surface area contributed by atoms with Crippen molar-refractivity contribution in [2.45, 2.75) is 19.4 Å². The number of nitrogens with zero attached hydrogens (tertiary/aromatic N) is 6. The zero-order chi connectivity index (χ0) is 21.5. The molecule has 1 aliphatic heterocycles. The van der Waals surface area contributed by atoms with Crippen LogP contribution in [0.25, 0.3) is 11.3 Å². The number of nitro benzene ring substituents is 1. The summed E-state index contributed by atoms with van der Waals surface area (Å²) in [5.41, 5.74) is 3.57. The molecule has 11 heteroatoms. The number of aryl methyl sites for hydroxylation is 1. The number of hydrogen-bond donors (Lipinski definition) is 2. The van der Waals surface area contributed by atoms with Gasteiger partial charge in [0.2, 0.25) is 5.95 Å². The van der Waals surface area contributed by atoms with Crippen LogP contribution in [0.3, 0.4) is 0 Å². The Bertz CT molecular complexity index is 1340. The van der Waals surface area contributed by atoms with Gasteiger partial charge in [-0.25, -0.2) is 5.10 Å². The van der Waals surface area contributed by atoms with Crippen molar-refractivity contribution in [1.29, 1.82) is 0 Å². The lowest BCUT2D eigenvalue weighted by Crippen LogP contribution is -2.29. The van der Waals surface area contributed by atoms with Gasteiger partial charge in [-0.05, 0) is 40.1 Å². The standard InChI is InChI=1S/C20H16N8O3/c1-2-11-3-5-13(6-4-11)18-15-16(12-7-9-14(10-8-12)28(30)31)22-23-19(29)17(15)21-20-24-25-26-27(18)20/h3-10,18H,2H2,1H3,(H,23,29)(H,21,24,26)/t18-/m1/s1. The summed E-state index contributed by atoms with van der Waals surface area (Å²) in [6, 6.07) is 13.5. The smallest absolute Gasteiger partial charge is 0.288 e. The van der Waals surface area contributed by atoms with Crippen molar-refractivity contribution in [2.24, 2.45) is 0 Å². The minimum absolute atomic E-state index is 0.0327. The molecule has 0 amide bonds. The Kier molecular flexibility index (Phi) is 4.28. The van der Waals surface area contributed by atoms with E-state index in [1.54, 1.807) is 16.8 Å². The van der Waals surface area contributed by atoms with E-state index in [0.29, 0.717) is 22.8 Å². The summed E-state index contributed by atoms with van der Waals surface area (Å²) in [6.45, 7) is 2.07. The van der Waals surface area contributed by atoms with Gasteiger partial charge in [0.25, 0.3) is 11.2 Å². The van der Waals surface area contributed by atoms with Gasteiger partial charge in [0.15, 0.2) is 0 Å². The number of anilines is 2. The number of hydrogen-bond acceptors (Lipinski definition) is 8. The molecule has 2 aromatic heterocycles. The van der Waals surface area contributed by atoms with Crippen LogP contribution in [-0.4, -0.2) is 35.3 Å². The van der Waals surface area contributed by atoms with Crippen molar-refractivity contribution in [1.82, 2.24) is 30.4 Å². The van der Waals surface area contributed by atoms with Crippen molar-refractivity contribution in [3.63, 3.8) is 0 Å². The molecule has 0 bridgehead atoms. The topological polar surface area (TPSA) is 145 Å². The minimum atomic E-state index is -0.507. The van der Waals surface area contributed by atoms with E-state index in [1.165, 1.54) is 17.7 Å². The molecule has 1 atom stereocenters. The number of fused-ring (bicyclic) bond motifs is 2. The average molecular weight is 416 g/mol. The fourth-order valence-electron chi connectivity index (χ4n) is 3.74. The Morgan fingerprint density at radius 2 is 1.87 bits per heavy atom. The van der Waals surface area contributed by atoms with Crippen molar-refractivity contribution in [2.75, 3.05) is 5.32 Å². The Hall–Kier alpha value is -4.41. The Labute approximate surface area is 174 Å². The third-order valence-electron chi connectivity index (χ3n) is 5.32. The molecule has 0 spiro atoms. The maximum absolute atomic E-state index is 12.7. The SMILES string of the molecule is CCc1ccc([C@@H]2c3c(-c4ccc([N+](=O)[O-])cc4)n[nH]c(=O)c3Nc3nnnn32)cc1. The number of rotatable bonds is 4. The normalized spacial score (nSPS) is 14.4. The van der Waals surface area contributed by atoms with Crippen LogP contribution >= 0.6 is 0 Å². The molecule has 2 N–H and O–H groups in total. The van der Waals surface area contributed by atoms with Crippen LogP contribution in [-0.2, 0) is 6.42 Å². The first-order valence-corrected chi connectivity index (χ1v) is 9.58. The third-order valence-corrected chi connectivity index (χ3v) is 5.32. The number of H-pyrrole nitrogens is 1. The molecule has 4 aromatic rings. The second kappa shape index (κ2) is 7.13. The first kappa shape index (κ1) is 18.6. The molecule has 154 valence electrons. The summed E-state index contributed by atoms with van der Waals surface area (Å²) >= 11 is 0. The van der Waals surface area contributed by atoms with Crippen LogP contribution in [0.5, 0.6) is 0 Å². The number of aromatic nitrogens is 6. The van der Waals surface area contributed by atoms with Crippen molar-refractivity contribution < 1.29 is 4.92 Å². The van der Waals surface area contributed by atoms with E-state index in [-0.39, 0.29) is 11.4 Å². The zero-order valence-electron chi connectivity index (χ0n) is 16.3. The van der Waals surface area contributed by atoms with Crippen LogP contribution < -0.4 is 10.9 Å². The summed E-state index contributed by atoms with van der Waals surface area (Å²) in [5.74, 6) is 0.336. The van der Waals surface area contributed by atoms with Gasteiger partial charge in [-0.3, -0.25) is 14.9 Å². The molecular weight excluding hydrogens is 400 g/mol. The summed E-state index contributed by atoms with van der Waals surface area (Å²) < 4.78 is 1.60. The van der Waals surface area contributed by atoms with E-state index < -0.39 is 16.5 Å². The van der Waals surface area contributed by atoms with Crippen molar-refractivity contribution in [3.05, 3.63) is 85.7 Å². The van der Waals surface area contributed by atoms with Crippen molar-refractivity contribution in [3.8, 4) is 11.3 Å². The highest BCUT2D eigenvalue weighted by atomic mass is 16.6. The van der Waals surface area contributed by atoms with Gasteiger partial charge in [-0.15, -0.1) is 0 Å². The minimum Gasteiger partial charge on any atom is -0.318 e. The predicted octanol–water partition coefficient (Wildman–Crippen LogP) is 2.59. The number of nitro groups is 1. The lowest BCUT2D eigenvalue weighted by molar-refractivity contribution is -0.384. The number of tetrazole rings is 1. The van der Waals surface area contributed by atoms with Crippen molar-refractivity contribution >= 4 is 17.3 Å². The van der Waals surface area contributed by atoms with Crippen LogP contribution in [0.1, 0.15) is 29.7 Å². The summed E-state index contributed by atoms with van der Waals surface area (Å²) in [4.78, 5) is 23.2. The molecule has 0 unspecified atom stereocenters. The fraction of sp³-hybridized carbons (Fsp3) is 0.150. The first-order valence-electron chi connectivity index (χ1n) is 9.58. The van der Waals surface area contributed by atoms with Crippen LogP contribution in [0.15, 0.2) is 53.3 Å². The van der Waals surface area contributed by atoms with E-state index in [2.05, 4.69) is 38.0 Å². The Balaban J connectivity index is 1.74. The maximum Gasteiger partial charge on any atom is 0.288 e. The van der Waals surface area contributed by atoms with Gasteiger partial charge in [0.1, 0.15) is 11.7 Å². The van der Waals surface area contributed by atoms with E-state index in [9.17, 15) is 14.9 Å². The molecule has 0 fully saturated rings. The van der Waals surface area contributed by atoms with Gasteiger partial charge in [0, 0.05) is 23.3 Å². The van der Waals surface area contributed by atoms with Crippen LogP contribution in [0.4, 0.5) is 17.3 Å². The first-order chi connectivity index (χ1) is 15.1. The van der Waals surface area contributed by atoms with E-state index in [4.69, 9.17) is 0 Å². The maximum atomic E-state index is 12.7. The number of benzene rings is 2. The summed E-state index contributed by atoms with van der Waals surface area (Å²) in [7, 11) is 0. The molecule has 1 aliphatic rings. The highest BCUT2D eigenvalue weighted by Gasteiger charge is 2.34. The third kappa shape index (κ3) is 3.03. The fourth-order valence-corrected chi connectivity index (χ4v) is 3.74. The number of aromatic amines is 1. The second-order valence-corrected chi connectivity index (χ2v) is 7.06. The zero-order valence-corrected chi connectivity index (χ0v) is 16.3. The van der Waals surface area contributed by atoms with Gasteiger partial charge >= 0.3 is 0 Å². The van der Waals surface area contributed by atoms with E-state index >= 15 is 0 Å². The lowest BCUT2D eigenvalue weighted by Gasteiger charge is -2.27. The monoisotopic (exact) mass is 416 g/mol. The van der Waals surface area contributed by atoms with Crippen LogP contribution in [0.2, 0.25) is 0 Å². The average Bonchev–Trinajstić information content (AvgIpc) is 3.27. The van der Waals surface area contributed by atoms with Gasteiger partial charge in [-0.2, -0.15) is 9.78 Å². The van der Waals surface area contributed by atoms with Gasteiger partial charge in [-0.1, -0.05) is 36.3 Å². The molecule has 31 heavy (non-hydrogen) atoms. The quantitative estimate of drug-likeness (QED) is 0.336. The van der Waals surface area contributed by atoms with Gasteiger partial charge in [0.05, 0.1) is 10.6 Å². The molecule has 2 aromatic carbocycles.